The van der Waals surface area contributed by atoms with Crippen LogP contribution in [-0.2, 0) is 4.79 Å². The third kappa shape index (κ3) is 5.26. The number of aromatic nitrogens is 2. The molecule has 1 heterocycles. The molecule has 0 fully saturated rings. The van der Waals surface area contributed by atoms with Gasteiger partial charge in [0.15, 0.2) is 11.5 Å². The smallest absolute Gasteiger partial charge is 0.221 e. The number of nitrogens with zero attached hydrogens (tertiary/aromatic N) is 2. The molecule has 156 valence electrons. The van der Waals surface area contributed by atoms with Crippen molar-refractivity contribution in [3.8, 4) is 22.8 Å². The van der Waals surface area contributed by atoms with Crippen LogP contribution in [-0.4, -0.2) is 28.1 Å². The van der Waals surface area contributed by atoms with E-state index in [0.717, 1.165) is 29.7 Å². The highest BCUT2D eigenvalue weighted by Gasteiger charge is 2.14. The predicted molar refractivity (Wildman–Crippen MR) is 118 cm³/mol. The van der Waals surface area contributed by atoms with Crippen molar-refractivity contribution in [2.45, 2.75) is 32.7 Å². The first kappa shape index (κ1) is 21.1. The number of carbonyl (C=O) groups is 1. The Morgan fingerprint density at radius 3 is 2.77 bits per heavy atom. The standard InChI is InChI=1S/C23H26N4O3/c1-4-6-19(16-7-5-8-18(11-16)25-15(2)28)26-23-14-24-13-20(27-23)17-9-10-21(29)22(12-17)30-3/h5,7-14,19,29H,4,6H2,1-3H3,(H,25,28)(H,26,27)/t19-/m1/s1. The quantitative estimate of drug-likeness (QED) is 0.499. The summed E-state index contributed by atoms with van der Waals surface area (Å²) >= 11 is 0. The number of anilines is 2. The van der Waals surface area contributed by atoms with Crippen LogP contribution >= 0.6 is 0 Å². The van der Waals surface area contributed by atoms with Gasteiger partial charge in [-0.05, 0) is 42.3 Å². The number of nitrogens with one attached hydrogen (secondary N) is 2. The molecule has 0 unspecified atom stereocenters. The van der Waals surface area contributed by atoms with Gasteiger partial charge >= 0.3 is 0 Å². The van der Waals surface area contributed by atoms with Gasteiger partial charge in [0.25, 0.3) is 0 Å². The highest BCUT2D eigenvalue weighted by atomic mass is 16.5. The van der Waals surface area contributed by atoms with E-state index in [-0.39, 0.29) is 17.7 Å². The Kier molecular flexibility index (Phi) is 6.85. The predicted octanol–water partition coefficient (Wildman–Crippen LogP) is 4.77. The zero-order valence-electron chi connectivity index (χ0n) is 17.3. The molecule has 0 aliphatic carbocycles. The molecule has 0 aliphatic rings. The first-order valence-electron chi connectivity index (χ1n) is 9.83. The largest absolute Gasteiger partial charge is 0.504 e. The summed E-state index contributed by atoms with van der Waals surface area (Å²) < 4.78 is 5.19. The van der Waals surface area contributed by atoms with E-state index in [1.807, 2.05) is 24.3 Å². The van der Waals surface area contributed by atoms with E-state index in [9.17, 15) is 9.90 Å². The van der Waals surface area contributed by atoms with E-state index in [1.165, 1.54) is 14.0 Å². The molecule has 0 saturated heterocycles. The van der Waals surface area contributed by atoms with Crippen molar-refractivity contribution < 1.29 is 14.6 Å². The molecule has 0 spiro atoms. The minimum Gasteiger partial charge on any atom is -0.504 e. The van der Waals surface area contributed by atoms with Gasteiger partial charge in [-0.2, -0.15) is 0 Å². The van der Waals surface area contributed by atoms with Crippen LogP contribution in [0.2, 0.25) is 0 Å². The molecule has 0 bridgehead atoms. The van der Waals surface area contributed by atoms with Gasteiger partial charge in [-0.25, -0.2) is 4.98 Å². The monoisotopic (exact) mass is 406 g/mol. The number of ether oxygens (including phenoxy) is 1. The van der Waals surface area contributed by atoms with Gasteiger partial charge in [0.05, 0.1) is 31.2 Å². The molecule has 7 heteroatoms. The van der Waals surface area contributed by atoms with Crippen LogP contribution in [0, 0.1) is 0 Å². The average Bonchev–Trinajstić information content (AvgIpc) is 2.74. The van der Waals surface area contributed by atoms with Crippen LogP contribution < -0.4 is 15.4 Å². The molecular formula is C23H26N4O3. The van der Waals surface area contributed by atoms with Crippen molar-refractivity contribution in [1.82, 2.24) is 9.97 Å². The Hall–Kier alpha value is -3.61. The van der Waals surface area contributed by atoms with Crippen LogP contribution in [0.5, 0.6) is 11.5 Å². The molecule has 1 aromatic heterocycles. The third-order valence-corrected chi connectivity index (χ3v) is 4.62. The summed E-state index contributed by atoms with van der Waals surface area (Å²) in [4.78, 5) is 20.4. The normalized spacial score (nSPS) is 11.6. The molecule has 1 amide bonds. The molecule has 0 saturated carbocycles. The fraction of sp³-hybridized carbons (Fsp3) is 0.261. The highest BCUT2D eigenvalue weighted by Crippen LogP contribution is 2.31. The highest BCUT2D eigenvalue weighted by molar-refractivity contribution is 5.88. The maximum Gasteiger partial charge on any atom is 0.221 e. The van der Waals surface area contributed by atoms with Gasteiger partial charge in [0, 0.05) is 18.2 Å². The van der Waals surface area contributed by atoms with E-state index < -0.39 is 0 Å². The van der Waals surface area contributed by atoms with Crippen molar-refractivity contribution >= 4 is 17.4 Å². The van der Waals surface area contributed by atoms with E-state index in [1.54, 1.807) is 30.6 Å². The third-order valence-electron chi connectivity index (χ3n) is 4.62. The zero-order chi connectivity index (χ0) is 21.5. The fourth-order valence-electron chi connectivity index (χ4n) is 3.24. The molecule has 2 aromatic carbocycles. The molecule has 30 heavy (non-hydrogen) atoms. The van der Waals surface area contributed by atoms with Crippen molar-refractivity contribution in [2.24, 2.45) is 0 Å². The summed E-state index contributed by atoms with van der Waals surface area (Å²) in [5.74, 6) is 0.995. The van der Waals surface area contributed by atoms with Crippen LogP contribution in [0.25, 0.3) is 11.3 Å². The van der Waals surface area contributed by atoms with Crippen LogP contribution in [0.3, 0.4) is 0 Å². The Morgan fingerprint density at radius 2 is 2.03 bits per heavy atom. The van der Waals surface area contributed by atoms with Crippen molar-refractivity contribution in [2.75, 3.05) is 17.7 Å². The number of aromatic hydroxyl groups is 1. The van der Waals surface area contributed by atoms with Crippen LogP contribution in [0.1, 0.15) is 38.3 Å². The topological polar surface area (TPSA) is 96.4 Å². The number of phenolic OH excluding ortho intramolecular Hbond substituents is 1. The second-order valence-electron chi connectivity index (χ2n) is 6.97. The Bertz CT molecular complexity index is 1020. The number of phenols is 1. The number of rotatable bonds is 8. The van der Waals surface area contributed by atoms with Gasteiger partial charge in [0.2, 0.25) is 5.91 Å². The average molecular weight is 406 g/mol. The minimum atomic E-state index is -0.102. The molecule has 0 aliphatic heterocycles. The fourth-order valence-corrected chi connectivity index (χ4v) is 3.24. The lowest BCUT2D eigenvalue weighted by atomic mass is 10.0. The summed E-state index contributed by atoms with van der Waals surface area (Å²) in [6, 6.07) is 12.9. The lowest BCUT2D eigenvalue weighted by molar-refractivity contribution is -0.114. The number of hydrogen-bond acceptors (Lipinski definition) is 6. The molecule has 3 N–H and O–H groups in total. The summed E-state index contributed by atoms with van der Waals surface area (Å²) in [6.45, 7) is 3.62. The van der Waals surface area contributed by atoms with E-state index >= 15 is 0 Å². The molecule has 7 nitrogen and oxygen atoms in total. The summed E-state index contributed by atoms with van der Waals surface area (Å²) in [6.07, 6.45) is 5.22. The minimum absolute atomic E-state index is 0.0163. The number of methoxy groups -OCH3 is 1. The van der Waals surface area contributed by atoms with Crippen LogP contribution in [0.4, 0.5) is 11.5 Å². The number of benzene rings is 2. The number of hydrogen-bond donors (Lipinski definition) is 3. The number of amides is 1. The maximum atomic E-state index is 11.4. The van der Waals surface area contributed by atoms with Gasteiger partial charge in [-0.3, -0.25) is 9.78 Å². The lowest BCUT2D eigenvalue weighted by Gasteiger charge is -2.20. The van der Waals surface area contributed by atoms with Gasteiger partial charge in [-0.15, -0.1) is 0 Å². The molecule has 3 rings (SSSR count). The molecular weight excluding hydrogens is 380 g/mol. The summed E-state index contributed by atoms with van der Waals surface area (Å²) in [7, 11) is 1.51. The second kappa shape index (κ2) is 9.73. The van der Waals surface area contributed by atoms with Crippen LogP contribution in [0.15, 0.2) is 54.9 Å². The second-order valence-corrected chi connectivity index (χ2v) is 6.97. The summed E-state index contributed by atoms with van der Waals surface area (Å²) in [5.41, 5.74) is 3.28. The Morgan fingerprint density at radius 1 is 1.20 bits per heavy atom. The maximum absolute atomic E-state index is 11.4. The molecule has 1 atom stereocenters. The molecule has 3 aromatic rings. The van der Waals surface area contributed by atoms with Crippen molar-refractivity contribution in [3.63, 3.8) is 0 Å². The van der Waals surface area contributed by atoms with Gasteiger partial charge < -0.3 is 20.5 Å². The van der Waals surface area contributed by atoms with E-state index in [2.05, 4.69) is 27.5 Å². The first-order chi connectivity index (χ1) is 14.5. The number of carbonyl (C=O) groups excluding carboxylic acids is 1. The Balaban J connectivity index is 1.86. The van der Waals surface area contributed by atoms with Crippen molar-refractivity contribution in [3.05, 3.63) is 60.4 Å². The first-order valence-corrected chi connectivity index (χ1v) is 9.83. The zero-order valence-corrected chi connectivity index (χ0v) is 17.3. The van der Waals surface area contributed by atoms with Gasteiger partial charge in [-0.1, -0.05) is 25.5 Å². The van der Waals surface area contributed by atoms with E-state index in [0.29, 0.717) is 17.3 Å². The van der Waals surface area contributed by atoms with E-state index in [4.69, 9.17) is 4.74 Å². The lowest BCUT2D eigenvalue weighted by Crippen LogP contribution is -2.13. The van der Waals surface area contributed by atoms with Crippen molar-refractivity contribution in [1.29, 1.82) is 0 Å². The van der Waals surface area contributed by atoms with Gasteiger partial charge in [0.1, 0.15) is 5.82 Å². The summed E-state index contributed by atoms with van der Waals surface area (Å²) in [5, 5.41) is 16.1. The Labute approximate surface area is 176 Å². The molecule has 0 radical (unpaired) electrons. The SMILES string of the molecule is CCC[C@@H](Nc1cncc(-c2ccc(O)c(OC)c2)n1)c1cccc(NC(C)=O)c1.